The molecule has 0 aromatic rings. The second-order valence-corrected chi connectivity index (χ2v) is 2.38. The summed E-state index contributed by atoms with van der Waals surface area (Å²) >= 11 is 0. The van der Waals surface area contributed by atoms with Gasteiger partial charge < -0.3 is 0 Å². The van der Waals surface area contributed by atoms with Crippen LogP contribution in [0, 0.1) is 6.08 Å². The molecule has 1 heterocycles. The molecule has 1 rings (SSSR count). The third kappa shape index (κ3) is 1.10. The predicted octanol–water partition coefficient (Wildman–Crippen LogP) is 1.17. The molecule has 0 atom stereocenters. The van der Waals surface area contributed by atoms with E-state index in [2.05, 4.69) is 11.4 Å². The van der Waals surface area contributed by atoms with Crippen LogP contribution in [0.2, 0.25) is 0 Å². The SMILES string of the molecule is CC1=[C]C(=O)[N]C(C)=C1C. The van der Waals surface area contributed by atoms with Crippen molar-refractivity contribution in [1.82, 2.24) is 5.32 Å². The Labute approximate surface area is 60.6 Å². The summed E-state index contributed by atoms with van der Waals surface area (Å²) in [5.74, 6) is -0.263. The van der Waals surface area contributed by atoms with E-state index in [-0.39, 0.29) is 5.91 Å². The maximum Gasteiger partial charge on any atom is 0.278 e. The molecule has 0 saturated carbocycles. The summed E-state index contributed by atoms with van der Waals surface area (Å²) in [5, 5.41) is 3.72. The molecule has 0 unspecified atom stereocenters. The number of rotatable bonds is 0. The topological polar surface area (TPSA) is 31.2 Å². The fourth-order valence-electron chi connectivity index (χ4n) is 0.790. The molecule has 2 nitrogen and oxygen atoms in total. The summed E-state index contributed by atoms with van der Waals surface area (Å²) in [7, 11) is 0. The molecule has 52 valence electrons. The van der Waals surface area contributed by atoms with Crippen LogP contribution in [0.15, 0.2) is 16.8 Å². The highest BCUT2D eigenvalue weighted by Gasteiger charge is 2.12. The fraction of sp³-hybridized carbons (Fsp3) is 0.375. The molecule has 10 heavy (non-hydrogen) atoms. The molecule has 1 amide bonds. The lowest BCUT2D eigenvalue weighted by Gasteiger charge is -2.10. The van der Waals surface area contributed by atoms with Gasteiger partial charge in [-0.25, -0.2) is 5.32 Å². The predicted molar refractivity (Wildman–Crippen MR) is 37.9 cm³/mol. The van der Waals surface area contributed by atoms with Crippen molar-refractivity contribution in [2.24, 2.45) is 0 Å². The summed E-state index contributed by atoms with van der Waals surface area (Å²) in [6, 6.07) is 0. The Hall–Kier alpha value is -1.05. The van der Waals surface area contributed by atoms with Crippen LogP contribution in [0.3, 0.4) is 0 Å². The standard InChI is InChI=1S/C8H9NO/c1-5-4-8(10)9-7(3)6(5)2/h1-3H3. The van der Waals surface area contributed by atoms with Gasteiger partial charge in [-0.05, 0) is 31.9 Å². The minimum Gasteiger partial charge on any atom is -0.267 e. The third-order valence-electron chi connectivity index (χ3n) is 1.67. The van der Waals surface area contributed by atoms with Crippen LogP contribution in [-0.2, 0) is 4.79 Å². The van der Waals surface area contributed by atoms with Crippen LogP contribution < -0.4 is 5.32 Å². The van der Waals surface area contributed by atoms with Gasteiger partial charge in [-0.2, -0.15) is 0 Å². The van der Waals surface area contributed by atoms with Gasteiger partial charge >= 0.3 is 0 Å². The molecule has 0 spiro atoms. The molecule has 2 heteroatoms. The third-order valence-corrected chi connectivity index (χ3v) is 1.67. The van der Waals surface area contributed by atoms with Crippen molar-refractivity contribution in [3.8, 4) is 0 Å². The monoisotopic (exact) mass is 135 g/mol. The van der Waals surface area contributed by atoms with Crippen LogP contribution in [0.5, 0.6) is 0 Å². The fourth-order valence-corrected chi connectivity index (χ4v) is 0.790. The summed E-state index contributed by atoms with van der Waals surface area (Å²) < 4.78 is 0. The zero-order chi connectivity index (χ0) is 7.72. The van der Waals surface area contributed by atoms with Crippen molar-refractivity contribution < 1.29 is 4.79 Å². The molecule has 0 fully saturated rings. The first kappa shape index (κ1) is 7.06. The van der Waals surface area contributed by atoms with Crippen molar-refractivity contribution in [2.75, 3.05) is 0 Å². The van der Waals surface area contributed by atoms with Gasteiger partial charge in [0.15, 0.2) is 0 Å². The highest BCUT2D eigenvalue weighted by atomic mass is 16.1. The number of hydrogen-bond acceptors (Lipinski definition) is 1. The molecule has 2 radical (unpaired) electrons. The van der Waals surface area contributed by atoms with E-state index in [1.807, 2.05) is 20.8 Å². The number of nitrogens with zero attached hydrogens (tertiary/aromatic N) is 1. The van der Waals surface area contributed by atoms with Crippen molar-refractivity contribution in [3.63, 3.8) is 0 Å². The van der Waals surface area contributed by atoms with Gasteiger partial charge in [-0.15, -0.1) is 0 Å². The van der Waals surface area contributed by atoms with E-state index in [1.165, 1.54) is 0 Å². The van der Waals surface area contributed by atoms with Crippen LogP contribution in [-0.4, -0.2) is 5.91 Å². The summed E-state index contributed by atoms with van der Waals surface area (Å²) in [4.78, 5) is 10.7. The summed E-state index contributed by atoms with van der Waals surface area (Å²) in [6.45, 7) is 5.64. The normalized spacial score (nSPS) is 18.7. The maximum absolute atomic E-state index is 10.7. The van der Waals surface area contributed by atoms with Gasteiger partial charge in [0.25, 0.3) is 5.91 Å². The molecule has 0 aliphatic carbocycles. The first-order valence-corrected chi connectivity index (χ1v) is 3.15. The summed E-state index contributed by atoms with van der Waals surface area (Å²) in [5.41, 5.74) is 2.76. The molecule has 0 saturated heterocycles. The Morgan fingerprint density at radius 2 is 1.90 bits per heavy atom. The van der Waals surface area contributed by atoms with Gasteiger partial charge in [0.05, 0.1) is 6.08 Å². The van der Waals surface area contributed by atoms with E-state index in [0.29, 0.717) is 0 Å². The van der Waals surface area contributed by atoms with Crippen molar-refractivity contribution in [3.05, 3.63) is 22.9 Å². The van der Waals surface area contributed by atoms with Crippen molar-refractivity contribution in [1.29, 1.82) is 0 Å². The van der Waals surface area contributed by atoms with Gasteiger partial charge in [0.1, 0.15) is 0 Å². The van der Waals surface area contributed by atoms with Gasteiger partial charge in [0, 0.05) is 5.70 Å². The average molecular weight is 135 g/mol. The van der Waals surface area contributed by atoms with Crippen LogP contribution in [0.4, 0.5) is 0 Å². The zero-order valence-corrected chi connectivity index (χ0v) is 6.36. The molecular weight excluding hydrogens is 126 g/mol. The minimum atomic E-state index is -0.263. The van der Waals surface area contributed by atoms with Gasteiger partial charge in [0.2, 0.25) is 0 Å². The highest BCUT2D eigenvalue weighted by molar-refractivity contribution is 5.87. The maximum atomic E-state index is 10.7. The second-order valence-electron chi connectivity index (χ2n) is 2.38. The lowest BCUT2D eigenvalue weighted by molar-refractivity contribution is -0.116. The Bertz CT molecular complexity index is 230. The Morgan fingerprint density at radius 1 is 1.30 bits per heavy atom. The number of carbonyl (C=O) groups is 1. The number of amides is 1. The average Bonchev–Trinajstić information content (AvgIpc) is 1.82. The van der Waals surface area contributed by atoms with E-state index in [9.17, 15) is 4.79 Å². The van der Waals surface area contributed by atoms with E-state index in [1.54, 1.807) is 0 Å². The Kier molecular flexibility index (Phi) is 1.62. The molecule has 0 N–H and O–H groups in total. The van der Waals surface area contributed by atoms with E-state index >= 15 is 0 Å². The van der Waals surface area contributed by atoms with Gasteiger partial charge in [-0.1, -0.05) is 0 Å². The molecule has 0 bridgehead atoms. The number of allylic oxidation sites excluding steroid dienone is 3. The minimum absolute atomic E-state index is 0.263. The number of carbonyl (C=O) groups excluding carboxylic acids is 1. The van der Waals surface area contributed by atoms with Crippen LogP contribution in [0.25, 0.3) is 0 Å². The zero-order valence-electron chi connectivity index (χ0n) is 6.36. The number of hydrogen-bond donors (Lipinski definition) is 0. The molecular formula is C8H9NO. The van der Waals surface area contributed by atoms with E-state index < -0.39 is 0 Å². The van der Waals surface area contributed by atoms with Crippen molar-refractivity contribution in [2.45, 2.75) is 20.8 Å². The lowest BCUT2D eigenvalue weighted by atomic mass is 10.0. The largest absolute Gasteiger partial charge is 0.278 e. The Balaban J connectivity index is 3.01. The van der Waals surface area contributed by atoms with Crippen LogP contribution >= 0.6 is 0 Å². The van der Waals surface area contributed by atoms with E-state index in [4.69, 9.17) is 0 Å². The first-order valence-electron chi connectivity index (χ1n) is 3.15. The quantitative estimate of drug-likeness (QED) is 0.490. The van der Waals surface area contributed by atoms with Gasteiger partial charge in [-0.3, -0.25) is 4.79 Å². The summed E-state index contributed by atoms with van der Waals surface area (Å²) in [6.07, 6.45) is 2.61. The lowest BCUT2D eigenvalue weighted by Crippen LogP contribution is -2.17. The van der Waals surface area contributed by atoms with E-state index in [0.717, 1.165) is 16.8 Å². The van der Waals surface area contributed by atoms with Crippen molar-refractivity contribution >= 4 is 5.91 Å². The van der Waals surface area contributed by atoms with Crippen LogP contribution in [0.1, 0.15) is 20.8 Å². The highest BCUT2D eigenvalue weighted by Crippen LogP contribution is 2.15. The molecule has 1 aliphatic rings. The molecule has 0 aromatic heterocycles. The molecule has 0 aromatic carbocycles. The second kappa shape index (κ2) is 2.29. The smallest absolute Gasteiger partial charge is 0.267 e. The Morgan fingerprint density at radius 3 is 2.40 bits per heavy atom. The first-order chi connectivity index (χ1) is 4.61. The molecule has 1 aliphatic heterocycles.